The number of aryl methyl sites for hydroxylation is 1. The predicted molar refractivity (Wildman–Crippen MR) is 80.9 cm³/mol. The molecule has 5 heteroatoms. The van der Waals surface area contributed by atoms with E-state index in [1.165, 1.54) is 0 Å². The zero-order chi connectivity index (χ0) is 13.7. The van der Waals surface area contributed by atoms with Crippen LogP contribution in [0.5, 0.6) is 0 Å². The summed E-state index contributed by atoms with van der Waals surface area (Å²) in [6, 6.07) is 13.3. The second-order valence-corrected chi connectivity index (χ2v) is 4.41. The van der Waals surface area contributed by atoms with Gasteiger partial charge in [-0.15, -0.1) is 12.4 Å². The third-order valence-electron chi connectivity index (χ3n) is 2.85. The number of nitrogens with zero attached hydrogens (tertiary/aromatic N) is 1. The van der Waals surface area contributed by atoms with Gasteiger partial charge >= 0.3 is 0 Å². The Bertz CT molecular complexity index is 540. The lowest BCUT2D eigenvalue weighted by Crippen LogP contribution is -2.34. The summed E-state index contributed by atoms with van der Waals surface area (Å²) >= 11 is 0. The Kier molecular flexibility index (Phi) is 6.28. The van der Waals surface area contributed by atoms with Crippen LogP contribution in [0.25, 0.3) is 0 Å². The lowest BCUT2D eigenvalue weighted by Gasteiger charge is -2.21. The van der Waals surface area contributed by atoms with Crippen LogP contribution >= 0.6 is 12.4 Å². The number of carbonyl (C=O) groups is 1. The number of amides is 1. The van der Waals surface area contributed by atoms with Crippen molar-refractivity contribution in [1.29, 1.82) is 0 Å². The molecule has 0 unspecified atom stereocenters. The van der Waals surface area contributed by atoms with Crippen molar-refractivity contribution in [2.45, 2.75) is 13.5 Å². The van der Waals surface area contributed by atoms with Gasteiger partial charge in [-0.05, 0) is 24.6 Å². The van der Waals surface area contributed by atoms with Gasteiger partial charge in [0, 0.05) is 19.6 Å². The molecule has 0 bridgehead atoms. The molecular formula is C15H19ClN2O2. The summed E-state index contributed by atoms with van der Waals surface area (Å²) in [5, 5.41) is 0. The monoisotopic (exact) mass is 294 g/mol. The van der Waals surface area contributed by atoms with Crippen LogP contribution in [0.1, 0.15) is 21.9 Å². The van der Waals surface area contributed by atoms with Gasteiger partial charge in [0.1, 0.15) is 5.76 Å². The SMILES string of the molecule is Cc1ccc(C(=O)N(CCN)Cc2ccccc2)o1.Cl. The van der Waals surface area contributed by atoms with Crippen LogP contribution < -0.4 is 5.73 Å². The molecule has 0 radical (unpaired) electrons. The van der Waals surface area contributed by atoms with Crippen LogP contribution in [-0.4, -0.2) is 23.9 Å². The molecule has 0 aliphatic rings. The number of hydrogen-bond donors (Lipinski definition) is 1. The summed E-state index contributed by atoms with van der Waals surface area (Å²) in [4.78, 5) is 14.0. The van der Waals surface area contributed by atoms with E-state index in [9.17, 15) is 4.79 Å². The summed E-state index contributed by atoms with van der Waals surface area (Å²) in [5.74, 6) is 0.972. The molecule has 1 aromatic heterocycles. The summed E-state index contributed by atoms with van der Waals surface area (Å²) in [7, 11) is 0. The first-order chi connectivity index (χ1) is 9.20. The molecule has 0 spiro atoms. The molecule has 2 rings (SSSR count). The lowest BCUT2D eigenvalue weighted by atomic mass is 10.2. The third kappa shape index (κ3) is 4.11. The number of furan rings is 1. The molecule has 0 aliphatic carbocycles. The minimum atomic E-state index is -0.123. The van der Waals surface area contributed by atoms with Gasteiger partial charge in [-0.1, -0.05) is 30.3 Å². The largest absolute Gasteiger partial charge is 0.456 e. The van der Waals surface area contributed by atoms with E-state index in [4.69, 9.17) is 10.2 Å². The Morgan fingerprint density at radius 3 is 2.45 bits per heavy atom. The highest BCUT2D eigenvalue weighted by atomic mass is 35.5. The summed E-state index contributed by atoms with van der Waals surface area (Å²) in [6.45, 7) is 3.30. The van der Waals surface area contributed by atoms with Crippen molar-refractivity contribution in [3.05, 3.63) is 59.5 Å². The molecule has 108 valence electrons. The summed E-state index contributed by atoms with van der Waals surface area (Å²) in [6.07, 6.45) is 0. The fraction of sp³-hybridized carbons (Fsp3) is 0.267. The fourth-order valence-corrected chi connectivity index (χ4v) is 1.92. The highest BCUT2D eigenvalue weighted by Gasteiger charge is 2.18. The number of nitrogens with two attached hydrogens (primary N) is 1. The Balaban J connectivity index is 0.00000200. The molecule has 0 saturated heterocycles. The topological polar surface area (TPSA) is 59.5 Å². The highest BCUT2D eigenvalue weighted by molar-refractivity contribution is 5.91. The Morgan fingerprint density at radius 2 is 1.90 bits per heavy atom. The zero-order valence-electron chi connectivity index (χ0n) is 11.4. The minimum absolute atomic E-state index is 0. The first-order valence-corrected chi connectivity index (χ1v) is 6.30. The molecular weight excluding hydrogens is 276 g/mol. The standard InChI is InChI=1S/C15H18N2O2.ClH/c1-12-7-8-14(19-12)15(18)17(10-9-16)11-13-5-3-2-4-6-13;/h2-8H,9-11,16H2,1H3;1H. The molecule has 1 amide bonds. The van der Waals surface area contributed by atoms with Crippen molar-refractivity contribution >= 4 is 18.3 Å². The quantitative estimate of drug-likeness (QED) is 0.922. The second kappa shape index (κ2) is 7.72. The van der Waals surface area contributed by atoms with Crippen LogP contribution in [0.3, 0.4) is 0 Å². The van der Waals surface area contributed by atoms with Gasteiger partial charge in [0.25, 0.3) is 5.91 Å². The van der Waals surface area contributed by atoms with Crippen LogP contribution in [-0.2, 0) is 6.54 Å². The molecule has 2 aromatic rings. The second-order valence-electron chi connectivity index (χ2n) is 4.41. The van der Waals surface area contributed by atoms with Gasteiger partial charge in [-0.25, -0.2) is 0 Å². The van der Waals surface area contributed by atoms with E-state index in [0.717, 1.165) is 11.3 Å². The number of carbonyl (C=O) groups excluding carboxylic acids is 1. The van der Waals surface area contributed by atoms with Crippen molar-refractivity contribution in [2.75, 3.05) is 13.1 Å². The van der Waals surface area contributed by atoms with Gasteiger partial charge in [0.2, 0.25) is 0 Å². The van der Waals surface area contributed by atoms with E-state index in [-0.39, 0.29) is 18.3 Å². The van der Waals surface area contributed by atoms with Crippen LogP contribution in [0.4, 0.5) is 0 Å². The van der Waals surface area contributed by atoms with E-state index in [2.05, 4.69) is 0 Å². The molecule has 20 heavy (non-hydrogen) atoms. The van der Waals surface area contributed by atoms with Crippen molar-refractivity contribution in [2.24, 2.45) is 5.73 Å². The molecule has 1 aromatic carbocycles. The van der Waals surface area contributed by atoms with Crippen LogP contribution in [0, 0.1) is 6.92 Å². The third-order valence-corrected chi connectivity index (χ3v) is 2.85. The van der Waals surface area contributed by atoms with E-state index in [1.807, 2.05) is 37.3 Å². The number of benzene rings is 1. The Morgan fingerprint density at radius 1 is 1.20 bits per heavy atom. The fourth-order valence-electron chi connectivity index (χ4n) is 1.92. The average molecular weight is 295 g/mol. The zero-order valence-corrected chi connectivity index (χ0v) is 12.2. The lowest BCUT2D eigenvalue weighted by molar-refractivity contribution is 0.0714. The van der Waals surface area contributed by atoms with Crippen LogP contribution in [0.2, 0.25) is 0 Å². The van der Waals surface area contributed by atoms with Crippen molar-refractivity contribution < 1.29 is 9.21 Å². The van der Waals surface area contributed by atoms with Crippen molar-refractivity contribution in [3.8, 4) is 0 Å². The van der Waals surface area contributed by atoms with E-state index in [1.54, 1.807) is 17.0 Å². The highest BCUT2D eigenvalue weighted by Crippen LogP contribution is 2.12. The number of rotatable bonds is 5. The molecule has 1 heterocycles. The van der Waals surface area contributed by atoms with E-state index in [0.29, 0.717) is 25.4 Å². The molecule has 0 aliphatic heterocycles. The Hall–Kier alpha value is -1.78. The molecule has 0 fully saturated rings. The van der Waals surface area contributed by atoms with Gasteiger partial charge in [0.05, 0.1) is 0 Å². The van der Waals surface area contributed by atoms with Gasteiger partial charge in [-0.2, -0.15) is 0 Å². The van der Waals surface area contributed by atoms with Crippen molar-refractivity contribution in [1.82, 2.24) is 4.90 Å². The molecule has 2 N–H and O–H groups in total. The first-order valence-electron chi connectivity index (χ1n) is 6.30. The minimum Gasteiger partial charge on any atom is -0.456 e. The van der Waals surface area contributed by atoms with E-state index < -0.39 is 0 Å². The van der Waals surface area contributed by atoms with Crippen molar-refractivity contribution in [3.63, 3.8) is 0 Å². The van der Waals surface area contributed by atoms with E-state index >= 15 is 0 Å². The normalized spacial score (nSPS) is 9.90. The van der Waals surface area contributed by atoms with Gasteiger partial charge in [-0.3, -0.25) is 4.79 Å². The molecule has 0 saturated carbocycles. The smallest absolute Gasteiger partial charge is 0.289 e. The van der Waals surface area contributed by atoms with Gasteiger partial charge < -0.3 is 15.1 Å². The Labute approximate surface area is 125 Å². The number of halogens is 1. The maximum absolute atomic E-state index is 12.3. The summed E-state index contributed by atoms with van der Waals surface area (Å²) < 4.78 is 5.38. The first kappa shape index (κ1) is 16.3. The number of hydrogen-bond acceptors (Lipinski definition) is 3. The summed E-state index contributed by atoms with van der Waals surface area (Å²) in [5.41, 5.74) is 6.66. The molecule has 4 nitrogen and oxygen atoms in total. The maximum Gasteiger partial charge on any atom is 0.289 e. The predicted octanol–water partition coefficient (Wildman–Crippen LogP) is 2.61. The van der Waals surface area contributed by atoms with Gasteiger partial charge in [0.15, 0.2) is 5.76 Å². The maximum atomic E-state index is 12.3. The van der Waals surface area contributed by atoms with Crippen LogP contribution in [0.15, 0.2) is 46.9 Å². The molecule has 0 atom stereocenters. The average Bonchev–Trinajstić information content (AvgIpc) is 2.85.